The van der Waals surface area contributed by atoms with E-state index in [1.54, 1.807) is 26.8 Å². The van der Waals surface area contributed by atoms with E-state index in [1.807, 2.05) is 0 Å². The van der Waals surface area contributed by atoms with E-state index >= 15 is 0 Å². The molecule has 2 aliphatic rings. The molecule has 1 unspecified atom stereocenters. The van der Waals surface area contributed by atoms with Crippen molar-refractivity contribution < 1.29 is 24.0 Å². The van der Waals surface area contributed by atoms with Crippen LogP contribution < -0.4 is 16.0 Å². The van der Waals surface area contributed by atoms with Crippen molar-refractivity contribution in [2.45, 2.75) is 51.7 Å². The topological polar surface area (TPSA) is 125 Å². The van der Waals surface area contributed by atoms with Gasteiger partial charge in [-0.2, -0.15) is 0 Å². The van der Waals surface area contributed by atoms with Gasteiger partial charge in [0, 0.05) is 29.6 Å². The molecule has 6 amide bonds. The van der Waals surface area contributed by atoms with Crippen LogP contribution in [-0.4, -0.2) is 46.1 Å². The van der Waals surface area contributed by atoms with Gasteiger partial charge in [-0.1, -0.05) is 6.07 Å². The van der Waals surface area contributed by atoms with Crippen LogP contribution in [0, 0.1) is 0 Å². The molecule has 0 bridgehead atoms. The predicted molar refractivity (Wildman–Crippen MR) is 98.2 cm³/mol. The minimum Gasteiger partial charge on any atom is -0.333 e. The molecule has 9 nitrogen and oxygen atoms in total. The molecule has 1 saturated heterocycles. The zero-order chi connectivity index (χ0) is 20.6. The van der Waals surface area contributed by atoms with Crippen LogP contribution in [0.3, 0.4) is 0 Å². The van der Waals surface area contributed by atoms with E-state index in [9.17, 15) is 24.0 Å². The van der Waals surface area contributed by atoms with Gasteiger partial charge in [0.2, 0.25) is 11.8 Å². The van der Waals surface area contributed by atoms with E-state index in [-0.39, 0.29) is 36.8 Å². The number of nitrogens with one attached hydrogen (secondary N) is 3. The fraction of sp³-hybridized carbons (Fsp3) is 0.421. The second-order valence-corrected chi connectivity index (χ2v) is 7.93. The number of carbonyl (C=O) groups is 5. The highest BCUT2D eigenvalue weighted by atomic mass is 16.2. The predicted octanol–water partition coefficient (Wildman–Crippen LogP) is 0.685. The van der Waals surface area contributed by atoms with E-state index in [1.165, 1.54) is 17.0 Å². The van der Waals surface area contributed by atoms with Crippen molar-refractivity contribution in [3.63, 3.8) is 0 Å². The number of rotatable bonds is 2. The van der Waals surface area contributed by atoms with Crippen molar-refractivity contribution in [1.82, 2.24) is 20.9 Å². The summed E-state index contributed by atoms with van der Waals surface area (Å²) in [6.07, 6.45) is 0.442. The number of fused-ring (bicyclic) bond motifs is 1. The van der Waals surface area contributed by atoms with Crippen LogP contribution in [0.15, 0.2) is 18.2 Å². The zero-order valence-corrected chi connectivity index (χ0v) is 15.9. The van der Waals surface area contributed by atoms with Gasteiger partial charge in [0.05, 0.1) is 0 Å². The van der Waals surface area contributed by atoms with Crippen molar-refractivity contribution in [3.8, 4) is 0 Å². The Kier molecular flexibility index (Phi) is 4.93. The first kappa shape index (κ1) is 19.5. The van der Waals surface area contributed by atoms with Crippen LogP contribution in [0.1, 0.15) is 59.9 Å². The van der Waals surface area contributed by atoms with Crippen molar-refractivity contribution in [1.29, 1.82) is 0 Å². The fourth-order valence-corrected chi connectivity index (χ4v) is 3.24. The number of piperidine rings is 1. The molecule has 28 heavy (non-hydrogen) atoms. The monoisotopic (exact) mass is 386 g/mol. The van der Waals surface area contributed by atoms with Crippen LogP contribution in [0.2, 0.25) is 0 Å². The molecule has 1 aromatic carbocycles. The van der Waals surface area contributed by atoms with Gasteiger partial charge in [0.25, 0.3) is 11.8 Å². The lowest BCUT2D eigenvalue weighted by Crippen LogP contribution is -2.52. The number of hydrogen-bond donors (Lipinski definition) is 3. The van der Waals surface area contributed by atoms with Crippen molar-refractivity contribution in [3.05, 3.63) is 34.9 Å². The van der Waals surface area contributed by atoms with Gasteiger partial charge in [-0.15, -0.1) is 0 Å². The highest BCUT2D eigenvalue weighted by Crippen LogP contribution is 2.28. The maximum absolute atomic E-state index is 12.8. The Morgan fingerprint density at radius 2 is 1.89 bits per heavy atom. The molecule has 148 valence electrons. The molecule has 2 aliphatic heterocycles. The maximum Gasteiger partial charge on any atom is 0.322 e. The Labute approximate surface area is 161 Å². The molecule has 0 saturated carbocycles. The molecule has 1 aromatic rings. The van der Waals surface area contributed by atoms with E-state index in [0.29, 0.717) is 11.1 Å². The van der Waals surface area contributed by atoms with Gasteiger partial charge < -0.3 is 10.2 Å². The summed E-state index contributed by atoms with van der Waals surface area (Å²) >= 11 is 0. The third-order valence-electron chi connectivity index (χ3n) is 4.51. The zero-order valence-electron chi connectivity index (χ0n) is 15.9. The van der Waals surface area contributed by atoms with Crippen LogP contribution in [0.4, 0.5) is 4.79 Å². The molecule has 0 aliphatic carbocycles. The van der Waals surface area contributed by atoms with Gasteiger partial charge >= 0.3 is 6.03 Å². The Hall–Kier alpha value is -3.23. The number of benzene rings is 1. The van der Waals surface area contributed by atoms with Gasteiger partial charge in [-0.25, -0.2) is 4.79 Å². The molecule has 0 spiro atoms. The average molecular weight is 386 g/mol. The first-order valence-electron chi connectivity index (χ1n) is 8.96. The maximum atomic E-state index is 12.8. The summed E-state index contributed by atoms with van der Waals surface area (Å²) in [6.45, 7) is 5.59. The lowest BCUT2D eigenvalue weighted by Gasteiger charge is -2.29. The largest absolute Gasteiger partial charge is 0.333 e. The quantitative estimate of drug-likeness (QED) is 0.645. The molecular formula is C19H22N4O5. The van der Waals surface area contributed by atoms with Gasteiger partial charge in [-0.3, -0.25) is 29.8 Å². The first-order chi connectivity index (χ1) is 13.0. The Balaban J connectivity index is 1.73. The van der Waals surface area contributed by atoms with Gasteiger partial charge in [-0.05, 0) is 44.9 Å². The van der Waals surface area contributed by atoms with Crippen molar-refractivity contribution in [2.75, 3.05) is 0 Å². The third kappa shape index (κ3) is 4.03. The Morgan fingerprint density at radius 1 is 1.18 bits per heavy atom. The summed E-state index contributed by atoms with van der Waals surface area (Å²) in [4.78, 5) is 61.7. The second-order valence-electron chi connectivity index (χ2n) is 7.93. The highest BCUT2D eigenvalue weighted by Gasteiger charge is 2.39. The smallest absolute Gasteiger partial charge is 0.322 e. The minimum atomic E-state index is -0.715. The third-order valence-corrected chi connectivity index (χ3v) is 4.51. The first-order valence-corrected chi connectivity index (χ1v) is 8.96. The number of amides is 6. The second kappa shape index (κ2) is 7.06. The van der Waals surface area contributed by atoms with Crippen LogP contribution in [-0.2, 0) is 16.1 Å². The number of carbonyl (C=O) groups excluding carboxylic acids is 5. The van der Waals surface area contributed by atoms with Crippen LogP contribution >= 0.6 is 0 Å². The summed E-state index contributed by atoms with van der Waals surface area (Å²) in [5.74, 6) is -1.85. The SMILES string of the molecule is CC(C)(C)NC(=O)NC(=O)c1ccc2c(c1)C(=O)N(C1CCC(=O)NC1=O)C2. The lowest BCUT2D eigenvalue weighted by atomic mass is 10.0. The standard InChI is InChI=1S/C19H22N4O5/c1-19(2,3)22-18(28)21-15(25)10-4-5-11-9-23(17(27)12(11)8-10)13-6-7-14(24)20-16(13)26/h4-5,8,13H,6-7,9H2,1-3H3,(H,20,24,26)(H2,21,22,25,28). The molecule has 0 radical (unpaired) electrons. The van der Waals surface area contributed by atoms with E-state index < -0.39 is 29.4 Å². The molecule has 2 heterocycles. The van der Waals surface area contributed by atoms with Crippen LogP contribution in [0.5, 0.6) is 0 Å². The van der Waals surface area contributed by atoms with Gasteiger partial charge in [0.1, 0.15) is 6.04 Å². The number of nitrogens with zero attached hydrogens (tertiary/aromatic N) is 1. The number of hydrogen-bond acceptors (Lipinski definition) is 5. The molecule has 9 heteroatoms. The molecule has 1 atom stereocenters. The number of urea groups is 1. The van der Waals surface area contributed by atoms with Crippen molar-refractivity contribution in [2.24, 2.45) is 0 Å². The summed E-state index contributed by atoms with van der Waals surface area (Å²) in [5, 5.41) is 7.09. The van der Waals surface area contributed by atoms with Crippen molar-refractivity contribution >= 4 is 29.7 Å². The average Bonchev–Trinajstić information content (AvgIpc) is 2.89. The molecular weight excluding hydrogens is 364 g/mol. The lowest BCUT2D eigenvalue weighted by molar-refractivity contribution is -0.136. The van der Waals surface area contributed by atoms with E-state index in [0.717, 1.165) is 0 Å². The Morgan fingerprint density at radius 3 is 2.54 bits per heavy atom. The van der Waals surface area contributed by atoms with E-state index in [4.69, 9.17) is 0 Å². The summed E-state index contributed by atoms with van der Waals surface area (Å²) in [5.41, 5.74) is 0.668. The fourth-order valence-electron chi connectivity index (χ4n) is 3.24. The molecule has 1 fully saturated rings. The van der Waals surface area contributed by atoms with Gasteiger partial charge in [0.15, 0.2) is 0 Å². The number of imide groups is 2. The minimum absolute atomic E-state index is 0.168. The van der Waals surface area contributed by atoms with Crippen LogP contribution in [0.25, 0.3) is 0 Å². The Bertz CT molecular complexity index is 887. The molecule has 0 aromatic heterocycles. The van der Waals surface area contributed by atoms with E-state index in [2.05, 4.69) is 16.0 Å². The molecule has 3 N–H and O–H groups in total. The highest BCUT2D eigenvalue weighted by molar-refractivity contribution is 6.08. The normalized spacial score (nSPS) is 19.2. The summed E-state index contributed by atoms with van der Waals surface area (Å²) in [6, 6.07) is 3.24. The summed E-state index contributed by atoms with van der Waals surface area (Å²) in [7, 11) is 0. The summed E-state index contributed by atoms with van der Waals surface area (Å²) < 4.78 is 0. The molecule has 3 rings (SSSR count).